The van der Waals surface area contributed by atoms with Crippen molar-refractivity contribution in [2.75, 3.05) is 0 Å². The van der Waals surface area contributed by atoms with Gasteiger partial charge in [0, 0.05) is 19.2 Å². The molecule has 0 aliphatic carbocycles. The second kappa shape index (κ2) is 4.42. The van der Waals surface area contributed by atoms with Crippen LogP contribution in [0.1, 0.15) is 14.6 Å². The number of alkyl halides is 1. The van der Waals surface area contributed by atoms with E-state index in [1.54, 1.807) is 22.7 Å². The third kappa shape index (κ3) is 1.97. The van der Waals surface area contributed by atoms with Crippen LogP contribution in [0.4, 0.5) is 0 Å². The molecule has 0 saturated heterocycles. The molecule has 16 heavy (non-hydrogen) atoms. The van der Waals surface area contributed by atoms with Crippen LogP contribution in [0.3, 0.4) is 0 Å². The van der Waals surface area contributed by atoms with Gasteiger partial charge in [0.15, 0.2) is 0 Å². The van der Waals surface area contributed by atoms with Crippen molar-refractivity contribution in [3.05, 3.63) is 43.7 Å². The summed E-state index contributed by atoms with van der Waals surface area (Å²) < 4.78 is 3.58. The summed E-state index contributed by atoms with van der Waals surface area (Å²) in [6, 6.07) is 8.47. The van der Waals surface area contributed by atoms with E-state index in [0.29, 0.717) is 0 Å². The van der Waals surface area contributed by atoms with Gasteiger partial charge in [0.05, 0.1) is 9.16 Å². The van der Waals surface area contributed by atoms with Gasteiger partial charge in [-0.3, -0.25) is 0 Å². The number of halogens is 2. The third-order valence-electron chi connectivity index (χ3n) is 2.25. The average Bonchev–Trinajstić information content (AvgIpc) is 2.89. The average molecular weight is 350 g/mol. The van der Waals surface area contributed by atoms with Crippen LogP contribution in [-0.2, 0) is 0 Å². The molecule has 5 heteroatoms. The Morgan fingerprint density at radius 3 is 2.62 bits per heavy atom. The SMILES string of the molecule is Clc1ccc(C(Br)c2cc3sccc3s2)s1. The highest BCUT2D eigenvalue weighted by Gasteiger charge is 2.15. The van der Waals surface area contributed by atoms with E-state index in [0.717, 1.165) is 4.34 Å². The Kier molecular flexibility index (Phi) is 3.11. The van der Waals surface area contributed by atoms with Crippen LogP contribution in [0.25, 0.3) is 9.40 Å². The first-order valence-corrected chi connectivity index (χ1v) is 8.41. The van der Waals surface area contributed by atoms with E-state index >= 15 is 0 Å². The van der Waals surface area contributed by atoms with Gasteiger partial charge in [0.2, 0.25) is 0 Å². The summed E-state index contributed by atoms with van der Waals surface area (Å²) in [5.74, 6) is 0. The molecule has 0 aromatic carbocycles. The maximum atomic E-state index is 5.95. The minimum atomic E-state index is 0.273. The van der Waals surface area contributed by atoms with Gasteiger partial charge in [-0.2, -0.15) is 0 Å². The Morgan fingerprint density at radius 2 is 1.94 bits per heavy atom. The summed E-state index contributed by atoms with van der Waals surface area (Å²) in [6.07, 6.45) is 0. The summed E-state index contributed by atoms with van der Waals surface area (Å²) in [5, 5.41) is 2.14. The zero-order valence-electron chi connectivity index (χ0n) is 7.94. The molecule has 3 aromatic rings. The summed E-state index contributed by atoms with van der Waals surface area (Å²) in [4.78, 5) is 2.88. The fraction of sp³-hybridized carbons (Fsp3) is 0.0909. The van der Waals surface area contributed by atoms with Gasteiger partial charge in [0.25, 0.3) is 0 Å². The van der Waals surface area contributed by atoms with Crippen molar-refractivity contribution >= 4 is 70.9 Å². The molecule has 1 atom stereocenters. The molecular weight excluding hydrogens is 344 g/mol. The van der Waals surface area contributed by atoms with E-state index in [1.165, 1.54) is 19.2 Å². The molecule has 0 saturated carbocycles. The third-order valence-corrected chi connectivity index (χ3v) is 7.30. The Bertz CT molecular complexity index is 593. The van der Waals surface area contributed by atoms with Gasteiger partial charge in [-0.25, -0.2) is 0 Å². The minimum absolute atomic E-state index is 0.273. The van der Waals surface area contributed by atoms with Gasteiger partial charge < -0.3 is 0 Å². The molecule has 0 radical (unpaired) electrons. The first-order chi connectivity index (χ1) is 7.74. The number of fused-ring (bicyclic) bond motifs is 1. The van der Waals surface area contributed by atoms with Gasteiger partial charge in [-0.15, -0.1) is 34.0 Å². The first kappa shape index (κ1) is 11.2. The summed E-state index contributed by atoms with van der Waals surface area (Å²) in [6.45, 7) is 0. The highest BCUT2D eigenvalue weighted by atomic mass is 79.9. The lowest BCUT2D eigenvalue weighted by atomic mass is 10.3. The monoisotopic (exact) mass is 348 g/mol. The molecular formula is C11H6BrClS3. The van der Waals surface area contributed by atoms with E-state index in [1.807, 2.05) is 17.4 Å². The molecule has 3 heterocycles. The van der Waals surface area contributed by atoms with E-state index in [9.17, 15) is 0 Å². The number of thiophene rings is 3. The molecule has 0 aliphatic rings. The van der Waals surface area contributed by atoms with Crippen molar-refractivity contribution in [3.8, 4) is 0 Å². The summed E-state index contributed by atoms with van der Waals surface area (Å²) >= 11 is 15.0. The Morgan fingerprint density at radius 1 is 1.06 bits per heavy atom. The second-order valence-electron chi connectivity index (χ2n) is 3.30. The number of hydrogen-bond acceptors (Lipinski definition) is 3. The molecule has 82 valence electrons. The lowest BCUT2D eigenvalue weighted by molar-refractivity contribution is 1.29. The van der Waals surface area contributed by atoms with Crippen LogP contribution in [0, 0.1) is 0 Å². The maximum Gasteiger partial charge on any atom is 0.0931 e. The first-order valence-electron chi connectivity index (χ1n) is 4.60. The fourth-order valence-electron chi connectivity index (χ4n) is 1.51. The smallest absolute Gasteiger partial charge is 0.0931 e. The van der Waals surface area contributed by atoms with E-state index < -0.39 is 0 Å². The van der Waals surface area contributed by atoms with E-state index in [4.69, 9.17) is 11.6 Å². The lowest BCUT2D eigenvalue weighted by Crippen LogP contribution is -1.83. The summed E-state index contributed by atoms with van der Waals surface area (Å²) in [5.41, 5.74) is 0. The molecule has 0 aliphatic heterocycles. The molecule has 0 amide bonds. The van der Waals surface area contributed by atoms with E-state index in [2.05, 4.69) is 39.5 Å². The number of rotatable bonds is 2. The highest BCUT2D eigenvalue weighted by molar-refractivity contribution is 9.09. The zero-order valence-corrected chi connectivity index (χ0v) is 12.7. The van der Waals surface area contributed by atoms with Gasteiger partial charge in [-0.1, -0.05) is 27.5 Å². The van der Waals surface area contributed by atoms with Crippen LogP contribution >= 0.6 is 61.5 Å². The van der Waals surface area contributed by atoms with Gasteiger partial charge >= 0.3 is 0 Å². The van der Waals surface area contributed by atoms with Crippen LogP contribution in [0.15, 0.2) is 29.6 Å². The van der Waals surface area contributed by atoms with Crippen molar-refractivity contribution in [3.63, 3.8) is 0 Å². The largest absolute Gasteiger partial charge is 0.143 e. The predicted octanol–water partition coefficient (Wildman–Crippen LogP) is 6.16. The molecule has 0 N–H and O–H groups in total. The molecule has 1 unspecified atom stereocenters. The quantitative estimate of drug-likeness (QED) is 0.486. The highest BCUT2D eigenvalue weighted by Crippen LogP contribution is 2.42. The van der Waals surface area contributed by atoms with Crippen molar-refractivity contribution in [2.24, 2.45) is 0 Å². The second-order valence-corrected chi connectivity index (χ2v) is 8.03. The van der Waals surface area contributed by atoms with Gasteiger partial charge in [0.1, 0.15) is 0 Å². The van der Waals surface area contributed by atoms with Gasteiger partial charge in [-0.05, 0) is 29.6 Å². The summed E-state index contributed by atoms with van der Waals surface area (Å²) in [7, 11) is 0. The standard InChI is InChI=1S/C11H6BrClS3/c12-11(7-1-2-10(13)16-7)9-5-8-6(15-9)3-4-14-8/h1-5,11H. The predicted molar refractivity (Wildman–Crippen MR) is 79.8 cm³/mol. The van der Waals surface area contributed by atoms with Crippen LogP contribution in [0.2, 0.25) is 4.34 Å². The Balaban J connectivity index is 2.00. The van der Waals surface area contributed by atoms with Crippen molar-refractivity contribution in [2.45, 2.75) is 4.83 Å². The fourth-order valence-corrected chi connectivity index (χ4v) is 5.61. The molecule has 0 spiro atoms. The van der Waals surface area contributed by atoms with Crippen molar-refractivity contribution in [1.29, 1.82) is 0 Å². The lowest BCUT2D eigenvalue weighted by Gasteiger charge is -2.03. The minimum Gasteiger partial charge on any atom is -0.143 e. The Labute approximate surface area is 119 Å². The molecule has 0 fully saturated rings. The molecule has 3 rings (SSSR count). The van der Waals surface area contributed by atoms with Crippen LogP contribution in [0.5, 0.6) is 0 Å². The molecule has 3 aromatic heterocycles. The number of hydrogen-bond donors (Lipinski definition) is 0. The van der Waals surface area contributed by atoms with Crippen molar-refractivity contribution in [1.82, 2.24) is 0 Å². The van der Waals surface area contributed by atoms with Crippen LogP contribution < -0.4 is 0 Å². The molecule has 0 nitrogen and oxygen atoms in total. The van der Waals surface area contributed by atoms with E-state index in [-0.39, 0.29) is 4.83 Å². The maximum absolute atomic E-state index is 5.95. The Hall–Kier alpha value is 0.130. The van der Waals surface area contributed by atoms with Crippen molar-refractivity contribution < 1.29 is 0 Å². The normalized spacial score (nSPS) is 13.4. The zero-order chi connectivity index (χ0) is 11.1. The molecule has 0 bridgehead atoms. The topological polar surface area (TPSA) is 0 Å². The van der Waals surface area contributed by atoms with Crippen LogP contribution in [-0.4, -0.2) is 0 Å².